The van der Waals surface area contributed by atoms with Gasteiger partial charge >= 0.3 is 5.97 Å². The number of aliphatic carboxylic acids is 1. The zero-order valence-corrected chi connectivity index (χ0v) is 10.4. The SMILES string of the molecule is O=C(O)C[C@]1(O)CCCN(Cc2ccccc2)C1. The highest BCUT2D eigenvalue weighted by atomic mass is 16.4. The highest BCUT2D eigenvalue weighted by Gasteiger charge is 2.35. The summed E-state index contributed by atoms with van der Waals surface area (Å²) in [6, 6.07) is 10.0. The second-order valence-electron chi connectivity index (χ2n) is 5.09. The molecule has 0 radical (unpaired) electrons. The van der Waals surface area contributed by atoms with E-state index in [1.807, 2.05) is 30.3 Å². The van der Waals surface area contributed by atoms with Crippen molar-refractivity contribution in [2.45, 2.75) is 31.4 Å². The lowest BCUT2D eigenvalue weighted by Gasteiger charge is -2.38. The summed E-state index contributed by atoms with van der Waals surface area (Å²) in [5.41, 5.74) is 0.121. The van der Waals surface area contributed by atoms with E-state index in [0.29, 0.717) is 13.0 Å². The van der Waals surface area contributed by atoms with Gasteiger partial charge in [0.05, 0.1) is 12.0 Å². The van der Waals surface area contributed by atoms with Crippen LogP contribution in [-0.4, -0.2) is 39.8 Å². The number of nitrogens with zero attached hydrogens (tertiary/aromatic N) is 1. The number of likely N-dealkylation sites (tertiary alicyclic amines) is 1. The summed E-state index contributed by atoms with van der Waals surface area (Å²) in [5, 5.41) is 19.1. The summed E-state index contributed by atoms with van der Waals surface area (Å²) in [5.74, 6) is -0.931. The highest BCUT2D eigenvalue weighted by Crippen LogP contribution is 2.25. The molecule has 1 aliphatic rings. The molecule has 1 aromatic carbocycles. The number of hydrogen-bond acceptors (Lipinski definition) is 3. The maximum atomic E-state index is 10.8. The van der Waals surface area contributed by atoms with E-state index in [4.69, 9.17) is 5.11 Å². The van der Waals surface area contributed by atoms with Crippen molar-refractivity contribution in [3.8, 4) is 0 Å². The molecule has 1 aliphatic heterocycles. The van der Waals surface area contributed by atoms with Crippen molar-refractivity contribution in [2.24, 2.45) is 0 Å². The Balaban J connectivity index is 1.96. The van der Waals surface area contributed by atoms with E-state index < -0.39 is 11.6 Å². The number of hydrogen-bond donors (Lipinski definition) is 2. The lowest BCUT2D eigenvalue weighted by Crippen LogP contribution is -2.48. The number of carbonyl (C=O) groups is 1. The van der Waals surface area contributed by atoms with Crippen LogP contribution in [0, 0.1) is 0 Å². The summed E-state index contributed by atoms with van der Waals surface area (Å²) < 4.78 is 0. The second-order valence-corrected chi connectivity index (χ2v) is 5.09. The van der Waals surface area contributed by atoms with Gasteiger partial charge in [-0.3, -0.25) is 9.69 Å². The average Bonchev–Trinajstić information content (AvgIpc) is 2.28. The maximum absolute atomic E-state index is 10.8. The minimum Gasteiger partial charge on any atom is -0.481 e. The van der Waals surface area contributed by atoms with Gasteiger partial charge in [-0.25, -0.2) is 0 Å². The first-order valence-corrected chi connectivity index (χ1v) is 6.28. The number of benzene rings is 1. The van der Waals surface area contributed by atoms with Gasteiger partial charge in [-0.05, 0) is 24.9 Å². The predicted molar refractivity (Wildman–Crippen MR) is 68.2 cm³/mol. The monoisotopic (exact) mass is 249 g/mol. The number of carboxylic acids is 1. The molecule has 1 saturated heterocycles. The first kappa shape index (κ1) is 13.1. The molecule has 0 unspecified atom stereocenters. The van der Waals surface area contributed by atoms with E-state index in [9.17, 15) is 9.90 Å². The third-order valence-corrected chi connectivity index (χ3v) is 3.36. The smallest absolute Gasteiger partial charge is 0.306 e. The Morgan fingerprint density at radius 3 is 2.72 bits per heavy atom. The maximum Gasteiger partial charge on any atom is 0.306 e. The molecule has 1 fully saturated rings. The Hall–Kier alpha value is -1.39. The molecule has 0 aromatic heterocycles. The summed E-state index contributed by atoms with van der Waals surface area (Å²) in [6.07, 6.45) is 1.25. The molecule has 2 N–H and O–H groups in total. The molecule has 98 valence electrons. The fraction of sp³-hybridized carbons (Fsp3) is 0.500. The van der Waals surface area contributed by atoms with Gasteiger partial charge in [0.1, 0.15) is 0 Å². The number of β-amino-alcohol motifs (C(OH)–C–C–N with tert-alkyl or cyclic N) is 1. The Morgan fingerprint density at radius 1 is 1.33 bits per heavy atom. The van der Waals surface area contributed by atoms with Gasteiger partial charge < -0.3 is 10.2 Å². The third-order valence-electron chi connectivity index (χ3n) is 3.36. The highest BCUT2D eigenvalue weighted by molar-refractivity contribution is 5.68. The summed E-state index contributed by atoms with van der Waals surface area (Å²) >= 11 is 0. The summed E-state index contributed by atoms with van der Waals surface area (Å²) in [4.78, 5) is 12.9. The summed E-state index contributed by atoms with van der Waals surface area (Å²) in [7, 11) is 0. The molecule has 1 heterocycles. The molecule has 0 amide bonds. The molecular formula is C14H19NO3. The number of piperidine rings is 1. The van der Waals surface area contributed by atoms with Crippen LogP contribution in [0.5, 0.6) is 0 Å². The lowest BCUT2D eigenvalue weighted by atomic mass is 9.89. The van der Waals surface area contributed by atoms with Gasteiger partial charge in [0.15, 0.2) is 0 Å². The van der Waals surface area contributed by atoms with Crippen molar-refractivity contribution in [1.29, 1.82) is 0 Å². The number of carboxylic acid groups (broad SMARTS) is 1. The first-order chi connectivity index (χ1) is 8.57. The topological polar surface area (TPSA) is 60.8 Å². The van der Waals surface area contributed by atoms with E-state index in [0.717, 1.165) is 19.5 Å². The average molecular weight is 249 g/mol. The number of aliphatic hydroxyl groups is 1. The van der Waals surface area contributed by atoms with Gasteiger partial charge in [0, 0.05) is 13.1 Å². The molecule has 4 nitrogen and oxygen atoms in total. The van der Waals surface area contributed by atoms with E-state index in [1.54, 1.807) is 0 Å². The fourth-order valence-electron chi connectivity index (χ4n) is 2.61. The molecule has 4 heteroatoms. The molecule has 0 bridgehead atoms. The van der Waals surface area contributed by atoms with Crippen molar-refractivity contribution < 1.29 is 15.0 Å². The second kappa shape index (κ2) is 5.50. The van der Waals surface area contributed by atoms with Crippen LogP contribution in [0.25, 0.3) is 0 Å². The van der Waals surface area contributed by atoms with Gasteiger partial charge in [0.2, 0.25) is 0 Å². The first-order valence-electron chi connectivity index (χ1n) is 6.28. The normalized spacial score (nSPS) is 24.9. The molecule has 1 aromatic rings. The Labute approximate surface area is 107 Å². The van der Waals surface area contributed by atoms with Crippen LogP contribution in [-0.2, 0) is 11.3 Å². The van der Waals surface area contributed by atoms with Gasteiger partial charge in [-0.15, -0.1) is 0 Å². The third kappa shape index (κ3) is 3.55. The number of rotatable bonds is 4. The van der Waals surface area contributed by atoms with Crippen molar-refractivity contribution >= 4 is 5.97 Å². The molecule has 0 spiro atoms. The van der Waals surface area contributed by atoms with Crippen molar-refractivity contribution in [1.82, 2.24) is 4.90 Å². The summed E-state index contributed by atoms with van der Waals surface area (Å²) in [6.45, 7) is 2.12. The largest absolute Gasteiger partial charge is 0.481 e. The molecule has 0 aliphatic carbocycles. The quantitative estimate of drug-likeness (QED) is 0.848. The molecule has 2 rings (SSSR count). The predicted octanol–water partition coefficient (Wildman–Crippen LogP) is 1.49. The minimum absolute atomic E-state index is 0.168. The van der Waals surface area contributed by atoms with Crippen LogP contribution >= 0.6 is 0 Å². The molecule has 1 atom stereocenters. The van der Waals surface area contributed by atoms with Crippen molar-refractivity contribution in [3.05, 3.63) is 35.9 Å². The van der Waals surface area contributed by atoms with E-state index in [-0.39, 0.29) is 6.42 Å². The zero-order valence-electron chi connectivity index (χ0n) is 10.4. The van der Waals surface area contributed by atoms with Crippen LogP contribution in [0.2, 0.25) is 0 Å². The standard InChI is InChI=1S/C14H19NO3/c16-13(17)9-14(18)7-4-8-15(11-14)10-12-5-2-1-3-6-12/h1-3,5-6,18H,4,7-11H2,(H,16,17)/t14-/m1/s1. The fourth-order valence-corrected chi connectivity index (χ4v) is 2.61. The van der Waals surface area contributed by atoms with Crippen LogP contribution in [0.1, 0.15) is 24.8 Å². The van der Waals surface area contributed by atoms with Crippen molar-refractivity contribution in [2.75, 3.05) is 13.1 Å². The van der Waals surface area contributed by atoms with Crippen LogP contribution in [0.4, 0.5) is 0 Å². The Bertz CT molecular complexity index is 407. The van der Waals surface area contributed by atoms with Crippen molar-refractivity contribution in [3.63, 3.8) is 0 Å². The van der Waals surface area contributed by atoms with Crippen LogP contribution < -0.4 is 0 Å². The van der Waals surface area contributed by atoms with Gasteiger partial charge in [-0.1, -0.05) is 30.3 Å². The Morgan fingerprint density at radius 2 is 2.06 bits per heavy atom. The lowest BCUT2D eigenvalue weighted by molar-refractivity contribution is -0.145. The zero-order chi connectivity index (χ0) is 13.0. The molecule has 18 heavy (non-hydrogen) atoms. The van der Waals surface area contributed by atoms with Crippen LogP contribution in [0.3, 0.4) is 0 Å². The Kier molecular flexibility index (Phi) is 3.99. The van der Waals surface area contributed by atoms with Gasteiger partial charge in [0.25, 0.3) is 0 Å². The van der Waals surface area contributed by atoms with E-state index in [2.05, 4.69) is 4.90 Å². The van der Waals surface area contributed by atoms with Crippen LogP contribution in [0.15, 0.2) is 30.3 Å². The van der Waals surface area contributed by atoms with Gasteiger partial charge in [-0.2, -0.15) is 0 Å². The molecular weight excluding hydrogens is 230 g/mol. The van der Waals surface area contributed by atoms with E-state index in [1.165, 1.54) is 5.56 Å². The minimum atomic E-state index is -1.07. The van der Waals surface area contributed by atoms with E-state index >= 15 is 0 Å². The molecule has 0 saturated carbocycles.